The van der Waals surface area contributed by atoms with Crippen LogP contribution in [0.2, 0.25) is 0 Å². The molecule has 6 heteroatoms. The first-order valence-corrected chi connectivity index (χ1v) is 6.15. The largest absolute Gasteiger partial charge is 0.370 e. The minimum absolute atomic E-state index is 0.0243. The molecule has 5 nitrogen and oxygen atoms in total. The van der Waals surface area contributed by atoms with E-state index in [9.17, 15) is 4.79 Å². The number of rotatable bonds is 5. The third-order valence-electron chi connectivity index (χ3n) is 2.67. The number of ketones is 1. The molecule has 1 fully saturated rings. The third kappa shape index (κ3) is 2.17. The summed E-state index contributed by atoms with van der Waals surface area (Å²) in [5, 5.41) is 7.62. The lowest BCUT2D eigenvalue weighted by molar-refractivity contribution is 0.0365. The monoisotopic (exact) mass is 287 g/mol. The van der Waals surface area contributed by atoms with Gasteiger partial charge in [0.15, 0.2) is 4.60 Å². The second-order valence-electron chi connectivity index (χ2n) is 3.93. The van der Waals surface area contributed by atoms with Crippen molar-refractivity contribution in [3.8, 4) is 0 Å². The fourth-order valence-corrected chi connectivity index (χ4v) is 2.26. The highest BCUT2D eigenvalue weighted by atomic mass is 79.9. The number of Topliss-reactive ketones (excluding diaryl/α,β-unsaturated/α-hetero) is 1. The van der Waals surface area contributed by atoms with Crippen LogP contribution in [0.4, 0.5) is 0 Å². The Labute approximate surface area is 102 Å². The van der Waals surface area contributed by atoms with Crippen molar-refractivity contribution < 1.29 is 9.53 Å². The van der Waals surface area contributed by atoms with E-state index in [1.807, 2.05) is 6.92 Å². The molecule has 1 aromatic heterocycles. The van der Waals surface area contributed by atoms with Crippen LogP contribution >= 0.6 is 15.9 Å². The predicted molar refractivity (Wildman–Crippen MR) is 61.2 cm³/mol. The van der Waals surface area contributed by atoms with E-state index in [1.165, 1.54) is 4.68 Å². The summed E-state index contributed by atoms with van der Waals surface area (Å²) in [7, 11) is 1.71. The topological polar surface area (TPSA) is 57.0 Å². The van der Waals surface area contributed by atoms with Crippen LogP contribution in [-0.2, 0) is 11.8 Å². The van der Waals surface area contributed by atoms with E-state index in [2.05, 4.69) is 26.2 Å². The van der Waals surface area contributed by atoms with Gasteiger partial charge in [0.05, 0.1) is 0 Å². The van der Waals surface area contributed by atoms with E-state index in [4.69, 9.17) is 4.74 Å². The van der Waals surface area contributed by atoms with Crippen LogP contribution in [0.15, 0.2) is 4.60 Å². The molecule has 1 unspecified atom stereocenters. The molecule has 0 radical (unpaired) electrons. The van der Waals surface area contributed by atoms with Crippen molar-refractivity contribution in [3.05, 3.63) is 10.3 Å². The van der Waals surface area contributed by atoms with Crippen LogP contribution in [0.25, 0.3) is 0 Å². The molecule has 1 aliphatic carbocycles. The summed E-state index contributed by atoms with van der Waals surface area (Å²) in [4.78, 5) is 12.3. The second-order valence-corrected chi connectivity index (χ2v) is 4.68. The summed E-state index contributed by atoms with van der Waals surface area (Å²) in [6.45, 7) is 2.45. The number of aryl methyl sites for hydroxylation is 1. The van der Waals surface area contributed by atoms with Crippen LogP contribution in [0, 0.1) is 5.92 Å². The van der Waals surface area contributed by atoms with Crippen molar-refractivity contribution >= 4 is 21.7 Å². The first-order valence-electron chi connectivity index (χ1n) is 5.36. The van der Waals surface area contributed by atoms with E-state index >= 15 is 0 Å². The Morgan fingerprint density at radius 1 is 1.69 bits per heavy atom. The average Bonchev–Trinajstić information content (AvgIpc) is 3.02. The molecular weight excluding hydrogens is 274 g/mol. The third-order valence-corrected chi connectivity index (χ3v) is 3.21. The summed E-state index contributed by atoms with van der Waals surface area (Å²) >= 11 is 3.24. The van der Waals surface area contributed by atoms with Gasteiger partial charge in [0.25, 0.3) is 0 Å². The molecule has 1 aromatic rings. The molecular formula is C10H14BrN3O2. The lowest BCUT2D eigenvalue weighted by atomic mass is 10.1. The van der Waals surface area contributed by atoms with E-state index in [0.717, 1.165) is 12.8 Å². The van der Waals surface area contributed by atoms with Crippen molar-refractivity contribution in [3.63, 3.8) is 0 Å². The van der Waals surface area contributed by atoms with Gasteiger partial charge in [-0.3, -0.25) is 4.79 Å². The summed E-state index contributed by atoms with van der Waals surface area (Å²) < 4.78 is 7.50. The number of ether oxygens (including phenoxy) is 1. The number of hydrogen-bond donors (Lipinski definition) is 0. The Kier molecular flexibility index (Phi) is 3.39. The zero-order valence-electron chi connectivity index (χ0n) is 9.31. The van der Waals surface area contributed by atoms with Crippen molar-refractivity contribution in [2.45, 2.75) is 25.9 Å². The highest BCUT2D eigenvalue weighted by molar-refractivity contribution is 9.10. The summed E-state index contributed by atoms with van der Waals surface area (Å²) in [6, 6.07) is 0. The highest BCUT2D eigenvalue weighted by Gasteiger charge is 2.39. The lowest BCUT2D eigenvalue weighted by Crippen LogP contribution is -2.28. The normalized spacial score (nSPS) is 17.4. The van der Waals surface area contributed by atoms with Crippen LogP contribution in [0.5, 0.6) is 0 Å². The van der Waals surface area contributed by atoms with Crippen molar-refractivity contribution in [1.29, 1.82) is 0 Å². The zero-order valence-corrected chi connectivity index (χ0v) is 10.9. The molecule has 0 aliphatic heterocycles. The van der Waals surface area contributed by atoms with Crippen molar-refractivity contribution in [2.24, 2.45) is 13.0 Å². The molecule has 0 aromatic carbocycles. The number of carbonyl (C=O) groups excluding carboxylic acids is 1. The standard InChI is InChI=1S/C10H14BrN3O2/c1-3-16-9(6-4-5-6)8(15)7-10(11)12-13-14(7)2/h6,9H,3-5H2,1-2H3. The average molecular weight is 288 g/mol. The molecule has 88 valence electrons. The van der Waals surface area contributed by atoms with Gasteiger partial charge in [0.1, 0.15) is 11.8 Å². The molecule has 0 bridgehead atoms. The van der Waals surface area contributed by atoms with Gasteiger partial charge in [-0.2, -0.15) is 0 Å². The maximum atomic E-state index is 12.3. The smallest absolute Gasteiger partial charge is 0.212 e. The Bertz CT molecular complexity index is 381. The Morgan fingerprint density at radius 2 is 2.38 bits per heavy atom. The van der Waals surface area contributed by atoms with E-state index in [0.29, 0.717) is 22.8 Å². The Morgan fingerprint density at radius 3 is 2.81 bits per heavy atom. The molecule has 1 aliphatic rings. The number of hydrogen-bond acceptors (Lipinski definition) is 4. The molecule has 0 N–H and O–H groups in total. The highest BCUT2D eigenvalue weighted by Crippen LogP contribution is 2.36. The van der Waals surface area contributed by atoms with Crippen molar-refractivity contribution in [2.75, 3.05) is 6.61 Å². The van der Waals surface area contributed by atoms with Crippen molar-refractivity contribution in [1.82, 2.24) is 15.0 Å². The van der Waals surface area contributed by atoms with E-state index < -0.39 is 0 Å². The molecule has 1 heterocycles. The number of nitrogens with zero attached hydrogens (tertiary/aromatic N) is 3. The SMILES string of the molecule is CCOC(C(=O)c1c(Br)nnn1C)C1CC1. The maximum Gasteiger partial charge on any atom is 0.212 e. The Balaban J connectivity index is 2.22. The van der Waals surface area contributed by atoms with Gasteiger partial charge >= 0.3 is 0 Å². The quantitative estimate of drug-likeness (QED) is 0.772. The van der Waals surface area contributed by atoms with Crippen LogP contribution in [0.3, 0.4) is 0 Å². The number of aromatic nitrogens is 3. The maximum absolute atomic E-state index is 12.3. The molecule has 1 atom stereocenters. The van der Waals surface area contributed by atoms with Gasteiger partial charge < -0.3 is 4.74 Å². The molecule has 0 spiro atoms. The predicted octanol–water partition coefficient (Wildman–Crippen LogP) is 1.58. The first kappa shape index (κ1) is 11.7. The lowest BCUT2D eigenvalue weighted by Gasteiger charge is -2.14. The Hall–Kier alpha value is -0.750. The molecule has 0 amide bonds. The fraction of sp³-hybridized carbons (Fsp3) is 0.700. The molecule has 2 rings (SSSR count). The van der Waals surface area contributed by atoms with Gasteiger partial charge in [0, 0.05) is 13.7 Å². The molecule has 0 saturated heterocycles. The van der Waals surface area contributed by atoms with Gasteiger partial charge in [-0.15, -0.1) is 5.10 Å². The summed E-state index contributed by atoms with van der Waals surface area (Å²) in [5.74, 6) is 0.345. The number of carbonyl (C=O) groups is 1. The molecule has 16 heavy (non-hydrogen) atoms. The van der Waals surface area contributed by atoms with Crippen LogP contribution < -0.4 is 0 Å². The van der Waals surface area contributed by atoms with E-state index in [1.54, 1.807) is 7.05 Å². The minimum atomic E-state index is -0.335. The van der Waals surface area contributed by atoms with Crippen LogP contribution in [-0.4, -0.2) is 33.5 Å². The number of halogens is 1. The van der Waals surface area contributed by atoms with E-state index in [-0.39, 0.29) is 11.9 Å². The summed E-state index contributed by atoms with van der Waals surface area (Å²) in [5.41, 5.74) is 0.491. The van der Waals surface area contributed by atoms with Gasteiger partial charge in [-0.05, 0) is 41.6 Å². The second kappa shape index (κ2) is 4.63. The minimum Gasteiger partial charge on any atom is -0.370 e. The van der Waals surface area contributed by atoms with Gasteiger partial charge in [-0.25, -0.2) is 4.68 Å². The van der Waals surface area contributed by atoms with Gasteiger partial charge in [0.2, 0.25) is 5.78 Å². The van der Waals surface area contributed by atoms with Crippen LogP contribution in [0.1, 0.15) is 30.3 Å². The fourth-order valence-electron chi connectivity index (χ4n) is 1.73. The zero-order chi connectivity index (χ0) is 11.7. The first-order chi connectivity index (χ1) is 7.65. The van der Waals surface area contributed by atoms with Gasteiger partial charge in [-0.1, -0.05) is 5.21 Å². The summed E-state index contributed by atoms with van der Waals surface area (Å²) in [6.07, 6.45) is 1.80. The molecule has 1 saturated carbocycles.